The van der Waals surface area contributed by atoms with Crippen LogP contribution < -0.4 is 10.6 Å². The topological polar surface area (TPSA) is 109 Å². The summed E-state index contributed by atoms with van der Waals surface area (Å²) in [4.78, 5) is 42.4. The van der Waals surface area contributed by atoms with Gasteiger partial charge in [-0.3, -0.25) is 9.59 Å². The molecule has 8 heteroatoms. The molecule has 1 aromatic heterocycles. The minimum atomic E-state index is -1.21. The molecular weight excluding hydrogens is 484 g/mol. The average Bonchev–Trinajstić information content (AvgIpc) is 3.38. The molecule has 0 saturated carbocycles. The van der Waals surface area contributed by atoms with Gasteiger partial charge in [-0.25, -0.2) is 4.79 Å². The number of carbonyl (C=O) groups is 3. The number of ether oxygens (including phenoxy) is 2. The van der Waals surface area contributed by atoms with E-state index in [2.05, 4.69) is 16.8 Å². The number of hydrogen-bond acceptors (Lipinski definition) is 5. The van der Waals surface area contributed by atoms with Crippen LogP contribution in [-0.4, -0.2) is 60.0 Å². The Labute approximate surface area is 221 Å². The largest absolute Gasteiger partial charge is 0.499 e. The number of nitrogens with zero attached hydrogens (tertiary/aromatic N) is 1. The molecule has 0 bridgehead atoms. The lowest BCUT2D eigenvalue weighted by Gasteiger charge is -2.28. The second-order valence-corrected chi connectivity index (χ2v) is 8.61. The molecular formula is C30H32N2O6. The summed E-state index contributed by atoms with van der Waals surface area (Å²) in [6.07, 6.45) is 6.92. The van der Waals surface area contributed by atoms with Crippen molar-refractivity contribution < 1.29 is 29.0 Å². The smallest absolute Gasteiger partial charge is 0.382 e. The van der Waals surface area contributed by atoms with E-state index in [0.29, 0.717) is 53.6 Å². The Bertz CT molecular complexity index is 1440. The molecule has 1 saturated heterocycles. The molecule has 1 aliphatic heterocycles. The summed E-state index contributed by atoms with van der Waals surface area (Å²) >= 11 is 0. The Balaban J connectivity index is 1.94. The Morgan fingerprint density at radius 2 is 1.76 bits per heavy atom. The first-order chi connectivity index (χ1) is 18.3. The molecule has 0 spiro atoms. The van der Waals surface area contributed by atoms with Gasteiger partial charge in [0.1, 0.15) is 11.5 Å². The lowest BCUT2D eigenvalue weighted by atomic mass is 9.93. The van der Waals surface area contributed by atoms with Gasteiger partial charge in [-0.1, -0.05) is 54.8 Å². The van der Waals surface area contributed by atoms with Gasteiger partial charge < -0.3 is 24.5 Å². The number of carbonyl (C=O) groups excluding carboxylic acids is 2. The molecule has 1 aliphatic rings. The number of Topliss-reactive ketones (excluding diaryl/α,β-unsaturated/α-hetero) is 1. The number of carboxylic acid groups (broad SMARTS) is 1. The Kier molecular flexibility index (Phi) is 9.72. The summed E-state index contributed by atoms with van der Waals surface area (Å²) in [6, 6.07) is 9.35. The second kappa shape index (κ2) is 13.2. The number of aliphatic carboxylic acids is 1. The minimum Gasteiger partial charge on any atom is -0.499 e. The average molecular weight is 517 g/mol. The van der Waals surface area contributed by atoms with Gasteiger partial charge in [0.25, 0.3) is 11.7 Å². The summed E-state index contributed by atoms with van der Waals surface area (Å²) < 4.78 is 11.0. The van der Waals surface area contributed by atoms with E-state index in [0.717, 1.165) is 17.6 Å². The number of carboxylic acids is 1. The molecule has 3 rings (SSSR count). The third kappa shape index (κ3) is 6.43. The Morgan fingerprint density at radius 1 is 1.08 bits per heavy atom. The van der Waals surface area contributed by atoms with Crippen molar-refractivity contribution in [2.24, 2.45) is 0 Å². The molecule has 38 heavy (non-hydrogen) atoms. The second-order valence-electron chi connectivity index (χ2n) is 8.61. The normalized spacial score (nSPS) is 14.8. The van der Waals surface area contributed by atoms with E-state index in [1.54, 1.807) is 13.0 Å². The SMILES string of the molecule is CC/C=C/C(OC)=c1/c(C(=O)C(=O)N2CCC(=C(C#CC(=O)O)c3ccccc3)CC2)c[nH]/c1=C(/C)OC. The highest BCUT2D eigenvalue weighted by Crippen LogP contribution is 2.26. The van der Waals surface area contributed by atoms with E-state index in [9.17, 15) is 14.4 Å². The quantitative estimate of drug-likeness (QED) is 0.333. The molecule has 1 amide bonds. The van der Waals surface area contributed by atoms with E-state index < -0.39 is 17.7 Å². The van der Waals surface area contributed by atoms with Gasteiger partial charge in [0.15, 0.2) is 0 Å². The number of ketones is 1. The van der Waals surface area contributed by atoms with Gasteiger partial charge in [-0.15, -0.1) is 0 Å². The van der Waals surface area contributed by atoms with E-state index >= 15 is 0 Å². The van der Waals surface area contributed by atoms with Crippen LogP contribution in [0.3, 0.4) is 0 Å². The Hall–Kier alpha value is -4.51. The van der Waals surface area contributed by atoms with Crippen molar-refractivity contribution in [1.82, 2.24) is 9.88 Å². The first kappa shape index (κ1) is 28.1. The fourth-order valence-electron chi connectivity index (χ4n) is 4.29. The number of methoxy groups -OCH3 is 2. The number of amides is 1. The standard InChI is InChI=1S/C30H32N2O6/c1-5-6-12-25(38-4)27-24(19-31-28(27)20(2)37-3)29(35)30(36)32-17-15-22(16-18-32)23(13-14-26(33)34)21-10-8-7-9-11-21/h6-12,19,31H,5,15-18H2,1-4H3,(H,33,34)/b12-6+,27-25+,28-20-. The van der Waals surface area contributed by atoms with E-state index in [-0.39, 0.29) is 5.56 Å². The maximum absolute atomic E-state index is 13.4. The number of aromatic nitrogens is 1. The summed E-state index contributed by atoms with van der Waals surface area (Å²) in [5, 5.41) is 10.1. The zero-order valence-electron chi connectivity index (χ0n) is 22.1. The molecule has 2 aromatic rings. The predicted octanol–water partition coefficient (Wildman–Crippen LogP) is 2.86. The van der Waals surface area contributed by atoms with Crippen molar-refractivity contribution in [3.63, 3.8) is 0 Å². The van der Waals surface area contributed by atoms with E-state index in [1.807, 2.05) is 43.3 Å². The van der Waals surface area contributed by atoms with Gasteiger partial charge >= 0.3 is 5.97 Å². The predicted molar refractivity (Wildman–Crippen MR) is 145 cm³/mol. The van der Waals surface area contributed by atoms with Crippen molar-refractivity contribution in [3.8, 4) is 11.8 Å². The highest BCUT2D eigenvalue weighted by Gasteiger charge is 2.29. The van der Waals surface area contributed by atoms with Crippen molar-refractivity contribution in [2.45, 2.75) is 33.1 Å². The number of nitrogens with one attached hydrogen (secondary N) is 1. The zero-order valence-corrected chi connectivity index (χ0v) is 22.1. The maximum Gasteiger partial charge on any atom is 0.382 e. The van der Waals surface area contributed by atoms with Crippen molar-refractivity contribution in [1.29, 1.82) is 0 Å². The fraction of sp³-hybridized carbons (Fsp3) is 0.300. The van der Waals surface area contributed by atoms with Gasteiger partial charge in [-0.05, 0) is 37.8 Å². The van der Waals surface area contributed by atoms with Gasteiger partial charge in [-0.2, -0.15) is 0 Å². The van der Waals surface area contributed by atoms with E-state index in [4.69, 9.17) is 14.6 Å². The van der Waals surface area contributed by atoms with Crippen molar-refractivity contribution in [2.75, 3.05) is 27.3 Å². The number of allylic oxidation sites excluding steroid dienone is 2. The number of piperidine rings is 1. The number of rotatable bonds is 7. The van der Waals surface area contributed by atoms with Gasteiger partial charge in [0.2, 0.25) is 0 Å². The van der Waals surface area contributed by atoms with Crippen LogP contribution in [0.15, 0.2) is 54.3 Å². The van der Waals surface area contributed by atoms with Crippen LogP contribution in [-0.2, 0) is 19.1 Å². The lowest BCUT2D eigenvalue weighted by Crippen LogP contribution is -2.43. The highest BCUT2D eigenvalue weighted by molar-refractivity contribution is 6.42. The number of aromatic amines is 1. The number of likely N-dealkylation sites (tertiary alicyclic amines) is 1. The fourth-order valence-corrected chi connectivity index (χ4v) is 4.29. The van der Waals surface area contributed by atoms with E-state index in [1.165, 1.54) is 25.3 Å². The molecule has 1 aromatic carbocycles. The first-order valence-corrected chi connectivity index (χ1v) is 12.3. The minimum absolute atomic E-state index is 0.206. The third-order valence-corrected chi connectivity index (χ3v) is 6.31. The molecule has 1 fully saturated rings. The van der Waals surface area contributed by atoms with Crippen molar-refractivity contribution >= 4 is 34.8 Å². The molecule has 2 heterocycles. The van der Waals surface area contributed by atoms with Crippen LogP contribution in [0.4, 0.5) is 0 Å². The summed E-state index contributed by atoms with van der Waals surface area (Å²) in [7, 11) is 3.05. The van der Waals surface area contributed by atoms with Gasteiger partial charge in [0.05, 0.1) is 30.4 Å². The number of H-pyrrole nitrogens is 1. The van der Waals surface area contributed by atoms with Crippen LogP contribution in [0.25, 0.3) is 17.1 Å². The van der Waals surface area contributed by atoms with Crippen LogP contribution >= 0.6 is 0 Å². The maximum atomic E-state index is 13.4. The highest BCUT2D eigenvalue weighted by atomic mass is 16.5. The summed E-state index contributed by atoms with van der Waals surface area (Å²) in [6.45, 7) is 4.38. The zero-order chi connectivity index (χ0) is 27.7. The number of benzene rings is 1. The van der Waals surface area contributed by atoms with Crippen LogP contribution in [0, 0.1) is 11.8 Å². The van der Waals surface area contributed by atoms with Gasteiger partial charge in [0, 0.05) is 30.8 Å². The van der Waals surface area contributed by atoms with Crippen LogP contribution in [0.5, 0.6) is 0 Å². The molecule has 198 valence electrons. The van der Waals surface area contributed by atoms with Crippen molar-refractivity contribution in [3.05, 3.63) is 75.9 Å². The monoisotopic (exact) mass is 516 g/mol. The first-order valence-electron chi connectivity index (χ1n) is 12.3. The molecule has 2 N–H and O–H groups in total. The molecule has 0 unspecified atom stereocenters. The molecule has 0 radical (unpaired) electrons. The summed E-state index contributed by atoms with van der Waals surface area (Å²) in [5.74, 6) is 3.52. The third-order valence-electron chi connectivity index (χ3n) is 6.31. The van der Waals surface area contributed by atoms with Crippen LogP contribution in [0.2, 0.25) is 0 Å². The molecule has 0 atom stereocenters. The summed E-state index contributed by atoms with van der Waals surface area (Å²) in [5.41, 5.74) is 2.63. The molecule has 0 aliphatic carbocycles. The number of hydrogen-bond donors (Lipinski definition) is 2. The lowest BCUT2D eigenvalue weighted by molar-refractivity contribution is -0.130. The van der Waals surface area contributed by atoms with Crippen LogP contribution in [0.1, 0.15) is 49.0 Å². The molecule has 8 nitrogen and oxygen atoms in total. The Morgan fingerprint density at radius 3 is 2.34 bits per heavy atom.